The molecule has 0 fully saturated rings. The number of benzene rings is 1. The second-order valence-corrected chi connectivity index (χ2v) is 6.72. The summed E-state index contributed by atoms with van der Waals surface area (Å²) in [5.74, 6) is 0.0754. The second-order valence-electron chi connectivity index (χ2n) is 3.72. The van der Waals surface area contributed by atoms with Crippen LogP contribution in [0, 0.1) is 0 Å². The van der Waals surface area contributed by atoms with E-state index in [2.05, 4.69) is 6.07 Å². The van der Waals surface area contributed by atoms with Crippen molar-refractivity contribution in [2.45, 2.75) is 23.0 Å². The number of hydrogen-bond acceptors (Lipinski definition) is 3. The molecule has 5 heteroatoms. The van der Waals surface area contributed by atoms with E-state index in [1.165, 1.54) is 10.5 Å². The molecule has 15 heavy (non-hydrogen) atoms. The summed E-state index contributed by atoms with van der Waals surface area (Å²) in [5, 5.41) is 5.15. The highest BCUT2D eigenvalue weighted by molar-refractivity contribution is 8.01. The summed E-state index contributed by atoms with van der Waals surface area (Å²) in [6.07, 6.45) is 1.83. The Morgan fingerprint density at radius 3 is 2.87 bits per heavy atom. The highest BCUT2D eigenvalue weighted by atomic mass is 32.2. The molecule has 1 aliphatic rings. The zero-order valence-corrected chi connectivity index (χ0v) is 9.85. The summed E-state index contributed by atoms with van der Waals surface area (Å²) >= 11 is 1.62. The Morgan fingerprint density at radius 1 is 1.40 bits per heavy atom. The Labute approximate surface area is 94.1 Å². The van der Waals surface area contributed by atoms with Gasteiger partial charge in [0.15, 0.2) is 0 Å². The molecule has 1 aromatic carbocycles. The Kier molecular flexibility index (Phi) is 3.04. The summed E-state index contributed by atoms with van der Waals surface area (Å²) in [7, 11) is -3.35. The zero-order chi connectivity index (χ0) is 10.9. The Hall–Kier alpha value is -0.520. The minimum atomic E-state index is -3.35. The fraction of sp³-hybridized carbons (Fsp3) is 0.400. The maximum Gasteiger partial charge on any atom is 0.210 e. The average molecular weight is 243 g/mol. The van der Waals surface area contributed by atoms with Crippen molar-refractivity contribution in [3.05, 3.63) is 29.8 Å². The van der Waals surface area contributed by atoms with E-state index in [9.17, 15) is 8.42 Å². The number of thioether (sulfide) groups is 1. The van der Waals surface area contributed by atoms with Gasteiger partial charge in [-0.3, -0.25) is 0 Å². The molecule has 1 atom stereocenters. The molecule has 3 nitrogen and oxygen atoms in total. The van der Waals surface area contributed by atoms with Gasteiger partial charge < -0.3 is 0 Å². The summed E-state index contributed by atoms with van der Waals surface area (Å²) in [6.45, 7) is 0. The fourth-order valence-corrected chi connectivity index (χ4v) is 4.36. The molecular weight excluding hydrogens is 230 g/mol. The van der Waals surface area contributed by atoms with Crippen LogP contribution in [0.2, 0.25) is 0 Å². The number of nitrogens with two attached hydrogens (primary N) is 1. The lowest BCUT2D eigenvalue weighted by Gasteiger charge is -2.22. The van der Waals surface area contributed by atoms with Crippen molar-refractivity contribution in [1.29, 1.82) is 0 Å². The second kappa shape index (κ2) is 4.15. The van der Waals surface area contributed by atoms with E-state index in [4.69, 9.17) is 5.14 Å². The van der Waals surface area contributed by atoms with Gasteiger partial charge in [0, 0.05) is 10.1 Å². The van der Waals surface area contributed by atoms with Gasteiger partial charge >= 0.3 is 0 Å². The monoisotopic (exact) mass is 243 g/mol. The van der Waals surface area contributed by atoms with Crippen LogP contribution in [0.5, 0.6) is 0 Å². The van der Waals surface area contributed by atoms with Gasteiger partial charge in [0.1, 0.15) is 0 Å². The molecule has 0 aromatic heterocycles. The van der Waals surface area contributed by atoms with Gasteiger partial charge in [-0.1, -0.05) is 18.2 Å². The summed E-state index contributed by atoms with van der Waals surface area (Å²) in [4.78, 5) is 1.19. The summed E-state index contributed by atoms with van der Waals surface area (Å²) < 4.78 is 22.0. The Morgan fingerprint density at radius 2 is 2.13 bits per heavy atom. The van der Waals surface area contributed by atoms with E-state index in [0.717, 1.165) is 12.8 Å². The van der Waals surface area contributed by atoms with Crippen molar-refractivity contribution >= 4 is 21.8 Å². The maximum atomic E-state index is 11.0. The molecule has 1 heterocycles. The molecule has 1 aromatic rings. The predicted molar refractivity (Wildman–Crippen MR) is 62.4 cm³/mol. The van der Waals surface area contributed by atoms with Crippen LogP contribution < -0.4 is 5.14 Å². The van der Waals surface area contributed by atoms with Crippen molar-refractivity contribution in [1.82, 2.24) is 0 Å². The van der Waals surface area contributed by atoms with Gasteiger partial charge in [-0.2, -0.15) is 0 Å². The van der Waals surface area contributed by atoms with E-state index >= 15 is 0 Å². The first-order valence-corrected chi connectivity index (χ1v) is 7.39. The van der Waals surface area contributed by atoms with E-state index < -0.39 is 10.0 Å². The minimum absolute atomic E-state index is 0.0754. The first kappa shape index (κ1) is 11.0. The molecule has 1 aliphatic heterocycles. The van der Waals surface area contributed by atoms with Crippen LogP contribution in [0.3, 0.4) is 0 Å². The maximum absolute atomic E-state index is 11.0. The van der Waals surface area contributed by atoms with E-state index in [1.807, 2.05) is 18.2 Å². The molecule has 0 saturated carbocycles. The first-order valence-electron chi connectivity index (χ1n) is 4.79. The molecule has 0 amide bonds. The molecule has 0 aliphatic carbocycles. The van der Waals surface area contributed by atoms with Crippen molar-refractivity contribution in [3.63, 3.8) is 0 Å². The van der Waals surface area contributed by atoms with Crippen LogP contribution >= 0.6 is 11.8 Å². The lowest BCUT2D eigenvalue weighted by atomic mass is 10.1. The predicted octanol–water partition coefficient (Wildman–Crippen LogP) is 1.38. The third-order valence-electron chi connectivity index (χ3n) is 2.42. The lowest BCUT2D eigenvalue weighted by molar-refractivity contribution is 0.593. The van der Waals surface area contributed by atoms with Crippen LogP contribution in [-0.4, -0.2) is 19.4 Å². The molecule has 1 unspecified atom stereocenters. The quantitative estimate of drug-likeness (QED) is 0.853. The van der Waals surface area contributed by atoms with Crippen molar-refractivity contribution in [2.24, 2.45) is 5.14 Å². The standard InChI is InChI=1S/C10H13NO2S2/c11-15(12,13)7-9-6-5-8-3-1-2-4-10(8)14-9/h1-4,9H,5-7H2,(H2,11,12,13). The van der Waals surface area contributed by atoms with E-state index in [-0.39, 0.29) is 11.0 Å². The van der Waals surface area contributed by atoms with Crippen LogP contribution in [0.1, 0.15) is 12.0 Å². The van der Waals surface area contributed by atoms with Gasteiger partial charge in [0.2, 0.25) is 10.0 Å². The van der Waals surface area contributed by atoms with E-state index in [0.29, 0.717) is 0 Å². The molecule has 82 valence electrons. The highest BCUT2D eigenvalue weighted by Gasteiger charge is 2.22. The summed E-state index contributed by atoms with van der Waals surface area (Å²) in [6, 6.07) is 8.12. The SMILES string of the molecule is NS(=O)(=O)CC1CCc2ccccc2S1. The molecule has 0 saturated heterocycles. The van der Waals surface area contributed by atoms with Crippen molar-refractivity contribution in [2.75, 3.05) is 5.75 Å². The molecule has 0 radical (unpaired) electrons. The number of rotatable bonds is 2. The third kappa shape index (κ3) is 2.96. The smallest absolute Gasteiger partial charge is 0.210 e. The molecular formula is C10H13NO2S2. The van der Waals surface area contributed by atoms with Gasteiger partial charge in [0.05, 0.1) is 5.75 Å². The number of sulfonamides is 1. The van der Waals surface area contributed by atoms with Crippen LogP contribution in [0.25, 0.3) is 0 Å². The molecule has 0 bridgehead atoms. The van der Waals surface area contributed by atoms with Gasteiger partial charge in [0.25, 0.3) is 0 Å². The van der Waals surface area contributed by atoms with Crippen molar-refractivity contribution < 1.29 is 8.42 Å². The van der Waals surface area contributed by atoms with Gasteiger partial charge in [-0.05, 0) is 24.5 Å². The van der Waals surface area contributed by atoms with E-state index in [1.54, 1.807) is 11.8 Å². The van der Waals surface area contributed by atoms with Gasteiger partial charge in [-0.15, -0.1) is 11.8 Å². The normalized spacial score (nSPS) is 21.0. The van der Waals surface area contributed by atoms with Gasteiger partial charge in [-0.25, -0.2) is 13.6 Å². The number of hydrogen-bond donors (Lipinski definition) is 1. The van der Waals surface area contributed by atoms with Crippen LogP contribution in [0.4, 0.5) is 0 Å². The fourth-order valence-electron chi connectivity index (χ4n) is 1.76. The first-order chi connectivity index (χ1) is 7.04. The Bertz CT molecular complexity index is 456. The average Bonchev–Trinajstić information content (AvgIpc) is 2.15. The number of aryl methyl sites for hydroxylation is 1. The zero-order valence-electron chi connectivity index (χ0n) is 8.22. The largest absolute Gasteiger partial charge is 0.229 e. The molecule has 2 N–H and O–H groups in total. The lowest BCUT2D eigenvalue weighted by Crippen LogP contribution is -2.26. The Balaban J connectivity index is 2.12. The van der Waals surface area contributed by atoms with Crippen LogP contribution in [0.15, 0.2) is 29.2 Å². The number of primary sulfonamides is 1. The van der Waals surface area contributed by atoms with Crippen molar-refractivity contribution in [3.8, 4) is 0 Å². The molecule has 0 spiro atoms. The summed E-state index contributed by atoms with van der Waals surface area (Å²) in [5.41, 5.74) is 1.31. The number of fused-ring (bicyclic) bond motifs is 1. The molecule has 2 rings (SSSR count). The topological polar surface area (TPSA) is 60.2 Å². The van der Waals surface area contributed by atoms with Crippen LogP contribution in [-0.2, 0) is 16.4 Å². The highest BCUT2D eigenvalue weighted by Crippen LogP contribution is 2.35. The third-order valence-corrected chi connectivity index (χ3v) is 4.89. The minimum Gasteiger partial charge on any atom is -0.229 e.